The van der Waals surface area contributed by atoms with Gasteiger partial charge < -0.3 is 4.74 Å². The van der Waals surface area contributed by atoms with Crippen LogP contribution in [0.25, 0.3) is 0 Å². The summed E-state index contributed by atoms with van der Waals surface area (Å²) < 4.78 is 5.05. The van der Waals surface area contributed by atoms with E-state index in [0.717, 1.165) is 11.9 Å². The number of ether oxygens (including phenoxy) is 1. The van der Waals surface area contributed by atoms with Crippen LogP contribution >= 0.6 is 0 Å². The largest absolute Gasteiger partial charge is 0.380 e. The molecule has 0 N–H and O–H groups in total. The molecule has 2 heteroatoms. The van der Waals surface area contributed by atoms with E-state index in [9.17, 15) is 4.79 Å². The van der Waals surface area contributed by atoms with E-state index in [0.29, 0.717) is 18.1 Å². The highest BCUT2D eigenvalue weighted by molar-refractivity contribution is 5.78. The Balaban J connectivity index is 2.88. The first-order chi connectivity index (χ1) is 6.27. The van der Waals surface area contributed by atoms with Crippen molar-refractivity contribution in [2.75, 3.05) is 13.7 Å². The smallest absolute Gasteiger partial charge is 0.150 e. The van der Waals surface area contributed by atoms with Gasteiger partial charge in [-0.25, -0.2) is 0 Å². The fraction of sp³-hybridized carbons (Fsp3) is 0.364. The minimum Gasteiger partial charge on any atom is -0.380 e. The summed E-state index contributed by atoms with van der Waals surface area (Å²) in [6.07, 6.45) is 8.53. The van der Waals surface area contributed by atoms with Gasteiger partial charge in [0, 0.05) is 12.7 Å². The van der Waals surface area contributed by atoms with Crippen LogP contribution in [0.15, 0.2) is 35.5 Å². The van der Waals surface area contributed by atoms with Gasteiger partial charge in [-0.3, -0.25) is 4.79 Å². The lowest BCUT2D eigenvalue weighted by atomic mass is 10.0. The number of rotatable bonds is 3. The molecule has 0 fully saturated rings. The van der Waals surface area contributed by atoms with Gasteiger partial charge in [0.05, 0.1) is 6.61 Å². The van der Waals surface area contributed by atoms with Gasteiger partial charge in [-0.15, -0.1) is 0 Å². The fourth-order valence-electron chi connectivity index (χ4n) is 1.26. The number of hydrogen-bond acceptors (Lipinski definition) is 2. The average molecular weight is 178 g/mol. The molecule has 13 heavy (non-hydrogen) atoms. The molecule has 70 valence electrons. The zero-order valence-electron chi connectivity index (χ0n) is 7.99. The Morgan fingerprint density at radius 2 is 2.38 bits per heavy atom. The van der Waals surface area contributed by atoms with E-state index in [1.54, 1.807) is 7.11 Å². The lowest BCUT2D eigenvalue weighted by Gasteiger charge is -2.09. The molecule has 0 aliphatic heterocycles. The summed E-state index contributed by atoms with van der Waals surface area (Å²) in [6.45, 7) is 2.67. The highest BCUT2D eigenvalue weighted by Gasteiger charge is 2.07. The maximum absolute atomic E-state index is 10.6. The van der Waals surface area contributed by atoms with Gasteiger partial charge >= 0.3 is 0 Å². The van der Waals surface area contributed by atoms with E-state index < -0.39 is 0 Å². The van der Waals surface area contributed by atoms with E-state index in [-0.39, 0.29) is 0 Å². The Hall–Kier alpha value is -1.15. The van der Waals surface area contributed by atoms with E-state index in [2.05, 4.69) is 13.0 Å². The summed E-state index contributed by atoms with van der Waals surface area (Å²) in [7, 11) is 1.66. The van der Waals surface area contributed by atoms with Crippen molar-refractivity contribution in [2.45, 2.75) is 6.92 Å². The maximum atomic E-state index is 10.6. The van der Waals surface area contributed by atoms with Gasteiger partial charge in [-0.05, 0) is 17.6 Å². The van der Waals surface area contributed by atoms with E-state index >= 15 is 0 Å². The minimum absolute atomic E-state index is 0.341. The van der Waals surface area contributed by atoms with Crippen LogP contribution in [-0.4, -0.2) is 20.0 Å². The van der Waals surface area contributed by atoms with Crippen molar-refractivity contribution in [3.63, 3.8) is 0 Å². The molecule has 1 unspecified atom stereocenters. The van der Waals surface area contributed by atoms with Crippen molar-refractivity contribution in [2.24, 2.45) is 5.92 Å². The molecule has 0 aromatic carbocycles. The molecule has 0 spiro atoms. The normalized spacial score (nSPS) is 21.8. The molecule has 0 bridgehead atoms. The highest BCUT2D eigenvalue weighted by atomic mass is 16.5. The van der Waals surface area contributed by atoms with Crippen molar-refractivity contribution in [1.29, 1.82) is 0 Å². The molecular formula is C11H14O2. The zero-order chi connectivity index (χ0) is 9.68. The van der Waals surface area contributed by atoms with Crippen LogP contribution in [-0.2, 0) is 9.53 Å². The number of carbonyl (C=O) groups is 1. The summed E-state index contributed by atoms with van der Waals surface area (Å²) in [6, 6.07) is 0. The fourth-order valence-corrected chi connectivity index (χ4v) is 1.26. The number of hydrogen-bond donors (Lipinski definition) is 0. The van der Waals surface area contributed by atoms with Gasteiger partial charge in [0.1, 0.15) is 6.29 Å². The molecule has 1 rings (SSSR count). The monoisotopic (exact) mass is 178 g/mol. The maximum Gasteiger partial charge on any atom is 0.150 e. The second-order valence-electron chi connectivity index (χ2n) is 3.11. The topological polar surface area (TPSA) is 26.3 Å². The van der Waals surface area contributed by atoms with Gasteiger partial charge in [0.25, 0.3) is 0 Å². The van der Waals surface area contributed by atoms with Gasteiger partial charge in [-0.1, -0.05) is 25.2 Å². The average Bonchev–Trinajstić information content (AvgIpc) is 2.30. The molecule has 0 amide bonds. The summed E-state index contributed by atoms with van der Waals surface area (Å²) in [4.78, 5) is 10.6. The summed E-state index contributed by atoms with van der Waals surface area (Å²) in [5.41, 5.74) is 1.84. The SMILES string of the molecule is COCC1=CC(C=O)=CC=CC1C. The third-order valence-corrected chi connectivity index (χ3v) is 2.07. The molecule has 0 saturated carbocycles. The third-order valence-electron chi connectivity index (χ3n) is 2.07. The van der Waals surface area contributed by atoms with E-state index in [1.807, 2.05) is 18.2 Å². The molecule has 0 aromatic rings. The molecule has 0 aromatic heterocycles. The van der Waals surface area contributed by atoms with Crippen molar-refractivity contribution in [3.05, 3.63) is 35.5 Å². The van der Waals surface area contributed by atoms with Crippen LogP contribution in [0, 0.1) is 5.92 Å². The van der Waals surface area contributed by atoms with E-state index in [1.165, 1.54) is 0 Å². The minimum atomic E-state index is 0.341. The van der Waals surface area contributed by atoms with Gasteiger partial charge in [0.15, 0.2) is 0 Å². The molecule has 2 nitrogen and oxygen atoms in total. The second-order valence-corrected chi connectivity index (χ2v) is 3.11. The third kappa shape index (κ3) is 2.67. The second kappa shape index (κ2) is 4.77. The van der Waals surface area contributed by atoms with Crippen molar-refractivity contribution in [3.8, 4) is 0 Å². The Morgan fingerprint density at radius 1 is 1.62 bits per heavy atom. The van der Waals surface area contributed by atoms with Crippen molar-refractivity contribution < 1.29 is 9.53 Å². The molecular weight excluding hydrogens is 164 g/mol. The lowest BCUT2D eigenvalue weighted by Crippen LogP contribution is -2.02. The first-order valence-electron chi connectivity index (χ1n) is 4.31. The van der Waals surface area contributed by atoms with E-state index in [4.69, 9.17) is 4.74 Å². The summed E-state index contributed by atoms with van der Waals surface area (Å²) in [5.74, 6) is 0.341. The van der Waals surface area contributed by atoms with Crippen LogP contribution in [0.5, 0.6) is 0 Å². The van der Waals surface area contributed by atoms with Gasteiger partial charge in [-0.2, -0.15) is 0 Å². The van der Waals surface area contributed by atoms with Crippen LogP contribution in [0.4, 0.5) is 0 Å². The Labute approximate surface area is 78.6 Å². The molecule has 1 aliphatic rings. The standard InChI is InChI=1S/C11H14O2/c1-9-4-3-5-10(7-12)6-11(9)8-13-2/h3-7,9H,8H2,1-2H3. The van der Waals surface area contributed by atoms with Crippen LogP contribution < -0.4 is 0 Å². The number of aldehydes is 1. The van der Waals surface area contributed by atoms with Crippen molar-refractivity contribution >= 4 is 6.29 Å². The molecule has 1 atom stereocenters. The number of methoxy groups -OCH3 is 1. The molecule has 0 radical (unpaired) electrons. The summed E-state index contributed by atoms with van der Waals surface area (Å²) in [5, 5.41) is 0. The zero-order valence-corrected chi connectivity index (χ0v) is 7.99. The first kappa shape index (κ1) is 9.93. The molecule has 1 aliphatic carbocycles. The van der Waals surface area contributed by atoms with Crippen LogP contribution in [0.1, 0.15) is 6.92 Å². The number of allylic oxidation sites excluding steroid dienone is 5. The summed E-state index contributed by atoms with van der Waals surface area (Å²) >= 11 is 0. The highest BCUT2D eigenvalue weighted by Crippen LogP contribution is 2.17. The Bertz CT molecular complexity index is 272. The predicted molar refractivity (Wildman–Crippen MR) is 52.4 cm³/mol. The number of carbonyl (C=O) groups excluding carboxylic acids is 1. The predicted octanol–water partition coefficient (Wildman–Crippen LogP) is 1.89. The quantitative estimate of drug-likeness (QED) is 0.617. The van der Waals surface area contributed by atoms with Crippen LogP contribution in [0.3, 0.4) is 0 Å². The lowest BCUT2D eigenvalue weighted by molar-refractivity contribution is -0.104. The Morgan fingerprint density at radius 3 is 3.00 bits per heavy atom. The molecule has 0 saturated heterocycles. The van der Waals surface area contributed by atoms with Crippen LogP contribution in [0.2, 0.25) is 0 Å². The molecule has 0 heterocycles. The van der Waals surface area contributed by atoms with Crippen molar-refractivity contribution in [1.82, 2.24) is 0 Å². The van der Waals surface area contributed by atoms with Gasteiger partial charge in [0.2, 0.25) is 0 Å². The Kier molecular flexibility index (Phi) is 3.65. The first-order valence-corrected chi connectivity index (χ1v) is 4.31.